The van der Waals surface area contributed by atoms with Crippen LogP contribution in [0.2, 0.25) is 0 Å². The van der Waals surface area contributed by atoms with Crippen LogP contribution in [0, 0.1) is 0 Å². The van der Waals surface area contributed by atoms with Crippen molar-refractivity contribution in [2.45, 2.75) is 24.8 Å². The Kier molecular flexibility index (Phi) is 13.2. The summed E-state index contributed by atoms with van der Waals surface area (Å²) in [6.07, 6.45) is 0.843. The van der Waals surface area contributed by atoms with Gasteiger partial charge in [0.1, 0.15) is 5.75 Å². The molecule has 0 aliphatic carbocycles. The number of benzene rings is 2. The molecule has 0 atom stereocenters. The van der Waals surface area contributed by atoms with Crippen LogP contribution in [0.1, 0.15) is 18.1 Å². The Hall–Kier alpha value is -1.89. The van der Waals surface area contributed by atoms with Crippen LogP contribution in [-0.4, -0.2) is 54.8 Å². The summed E-state index contributed by atoms with van der Waals surface area (Å²) in [5.41, 5.74) is 2.00. The van der Waals surface area contributed by atoms with E-state index in [1.165, 1.54) is 12.7 Å². The highest BCUT2D eigenvalue weighted by atomic mass is 127. The molecule has 0 unspecified atom stereocenters. The molecule has 0 aliphatic rings. The van der Waals surface area contributed by atoms with Crippen LogP contribution >= 0.6 is 24.0 Å². The summed E-state index contributed by atoms with van der Waals surface area (Å²) in [6, 6.07) is 14.8. The number of nitrogens with one attached hydrogen (secondary N) is 3. The number of guanidine groups is 1. The third-order valence-electron chi connectivity index (χ3n) is 4.44. The molecular formula is C22H33IN4O4S. The molecule has 178 valence electrons. The second-order valence-corrected chi connectivity index (χ2v) is 8.52. The maximum absolute atomic E-state index is 12.4. The van der Waals surface area contributed by atoms with Crippen LogP contribution in [0.15, 0.2) is 58.4 Å². The summed E-state index contributed by atoms with van der Waals surface area (Å²) in [5.74, 6) is 1.52. The van der Waals surface area contributed by atoms with Gasteiger partial charge in [-0.3, -0.25) is 0 Å². The lowest BCUT2D eigenvalue weighted by molar-refractivity contribution is 0.204. The molecule has 0 fully saturated rings. The fourth-order valence-corrected chi connectivity index (χ4v) is 3.88. The van der Waals surface area contributed by atoms with Crippen LogP contribution in [0.4, 0.5) is 0 Å². The predicted octanol–water partition coefficient (Wildman–Crippen LogP) is 2.54. The van der Waals surface area contributed by atoms with Gasteiger partial charge in [0.15, 0.2) is 5.96 Å². The minimum atomic E-state index is -3.57. The fraction of sp³-hybridized carbons (Fsp3) is 0.409. The largest absolute Gasteiger partial charge is 0.497 e. The normalized spacial score (nSPS) is 11.5. The summed E-state index contributed by atoms with van der Waals surface area (Å²) in [6.45, 7) is 4.35. The molecule has 2 aromatic carbocycles. The average molecular weight is 577 g/mol. The number of hydrogen-bond acceptors (Lipinski definition) is 5. The molecule has 2 aromatic rings. The Labute approximate surface area is 208 Å². The van der Waals surface area contributed by atoms with E-state index in [0.717, 1.165) is 30.8 Å². The predicted molar refractivity (Wildman–Crippen MR) is 138 cm³/mol. The van der Waals surface area contributed by atoms with Gasteiger partial charge in [-0.1, -0.05) is 24.3 Å². The SMILES string of the molecule is CCNC(=NCc1cccc(S(=O)(=O)NCCOC)c1)NCCc1ccc(OC)cc1.I. The first kappa shape index (κ1) is 28.1. The van der Waals surface area contributed by atoms with Crippen LogP contribution in [0.5, 0.6) is 5.75 Å². The molecule has 10 heteroatoms. The molecule has 0 aromatic heterocycles. The molecule has 3 N–H and O–H groups in total. The number of methoxy groups -OCH3 is 2. The van der Waals surface area contributed by atoms with E-state index in [-0.39, 0.29) is 35.4 Å². The number of aliphatic imine (C=N–C) groups is 1. The lowest BCUT2D eigenvalue weighted by Gasteiger charge is -2.12. The average Bonchev–Trinajstić information content (AvgIpc) is 2.78. The second-order valence-electron chi connectivity index (χ2n) is 6.76. The summed E-state index contributed by atoms with van der Waals surface area (Å²) < 4.78 is 37.4. The van der Waals surface area contributed by atoms with E-state index in [9.17, 15) is 8.42 Å². The monoisotopic (exact) mass is 576 g/mol. The Morgan fingerprint density at radius 3 is 2.41 bits per heavy atom. The number of ether oxygens (including phenoxy) is 2. The highest BCUT2D eigenvalue weighted by Gasteiger charge is 2.13. The van der Waals surface area contributed by atoms with Crippen LogP contribution < -0.4 is 20.1 Å². The minimum Gasteiger partial charge on any atom is -0.497 e. The van der Waals surface area contributed by atoms with E-state index in [2.05, 4.69) is 20.3 Å². The maximum Gasteiger partial charge on any atom is 0.240 e. The van der Waals surface area contributed by atoms with Crippen molar-refractivity contribution in [2.75, 3.05) is 40.5 Å². The number of hydrogen-bond donors (Lipinski definition) is 3. The lowest BCUT2D eigenvalue weighted by Crippen LogP contribution is -2.38. The molecule has 0 amide bonds. The van der Waals surface area contributed by atoms with E-state index in [1.54, 1.807) is 25.3 Å². The molecule has 0 bridgehead atoms. The van der Waals surface area contributed by atoms with Crippen LogP contribution in [0.25, 0.3) is 0 Å². The quantitative estimate of drug-likeness (QED) is 0.156. The number of halogens is 1. The van der Waals surface area contributed by atoms with Crippen molar-refractivity contribution in [2.24, 2.45) is 4.99 Å². The standard InChI is InChI=1S/C22H32N4O4S.HI/c1-4-23-22(24-13-12-18-8-10-20(30-3)11-9-18)25-17-19-6-5-7-21(16-19)31(27,28)26-14-15-29-2;/h5-11,16,26H,4,12-15,17H2,1-3H3,(H2,23,24,25);1H. The summed E-state index contributed by atoms with van der Waals surface area (Å²) in [5, 5.41) is 6.52. The third-order valence-corrected chi connectivity index (χ3v) is 5.89. The number of sulfonamides is 1. The van der Waals surface area contributed by atoms with Gasteiger partial charge in [-0.2, -0.15) is 0 Å². The van der Waals surface area contributed by atoms with Gasteiger partial charge in [-0.05, 0) is 48.7 Å². The Morgan fingerprint density at radius 2 is 1.75 bits per heavy atom. The summed E-state index contributed by atoms with van der Waals surface area (Å²) in [7, 11) is -0.393. The van der Waals surface area contributed by atoms with Crippen LogP contribution in [-0.2, 0) is 27.7 Å². The summed E-state index contributed by atoms with van der Waals surface area (Å²) >= 11 is 0. The Balaban J connectivity index is 0.00000512. The zero-order chi connectivity index (χ0) is 22.5. The van der Waals surface area contributed by atoms with E-state index in [1.807, 2.05) is 37.3 Å². The molecule has 0 aliphatic heterocycles. The minimum absolute atomic E-state index is 0. The van der Waals surface area contributed by atoms with Crippen molar-refractivity contribution >= 4 is 40.0 Å². The molecule has 0 spiro atoms. The molecule has 0 heterocycles. The van der Waals surface area contributed by atoms with E-state index in [4.69, 9.17) is 9.47 Å². The van der Waals surface area contributed by atoms with Gasteiger partial charge in [-0.25, -0.2) is 18.1 Å². The Morgan fingerprint density at radius 1 is 1.00 bits per heavy atom. The lowest BCUT2D eigenvalue weighted by atomic mass is 10.1. The van der Waals surface area contributed by atoms with E-state index in [0.29, 0.717) is 19.1 Å². The van der Waals surface area contributed by atoms with Crippen molar-refractivity contribution in [1.82, 2.24) is 15.4 Å². The zero-order valence-corrected chi connectivity index (χ0v) is 21.9. The van der Waals surface area contributed by atoms with Crippen LogP contribution in [0.3, 0.4) is 0 Å². The summed E-state index contributed by atoms with van der Waals surface area (Å²) in [4.78, 5) is 4.80. The van der Waals surface area contributed by atoms with Gasteiger partial charge in [0.2, 0.25) is 10.0 Å². The van der Waals surface area contributed by atoms with Crippen molar-refractivity contribution < 1.29 is 17.9 Å². The van der Waals surface area contributed by atoms with Crippen molar-refractivity contribution in [3.63, 3.8) is 0 Å². The van der Waals surface area contributed by atoms with E-state index >= 15 is 0 Å². The van der Waals surface area contributed by atoms with Gasteiger partial charge in [0.25, 0.3) is 0 Å². The maximum atomic E-state index is 12.4. The van der Waals surface area contributed by atoms with Gasteiger partial charge in [0, 0.05) is 26.7 Å². The topological polar surface area (TPSA) is 101 Å². The van der Waals surface area contributed by atoms with E-state index < -0.39 is 10.0 Å². The van der Waals surface area contributed by atoms with Gasteiger partial charge < -0.3 is 20.1 Å². The van der Waals surface area contributed by atoms with Gasteiger partial charge in [0.05, 0.1) is 25.2 Å². The molecule has 2 rings (SSSR count). The van der Waals surface area contributed by atoms with Crippen molar-refractivity contribution in [1.29, 1.82) is 0 Å². The fourth-order valence-electron chi connectivity index (χ4n) is 2.80. The first-order valence-electron chi connectivity index (χ1n) is 10.2. The van der Waals surface area contributed by atoms with Gasteiger partial charge >= 0.3 is 0 Å². The number of nitrogens with zero attached hydrogens (tertiary/aromatic N) is 1. The second kappa shape index (κ2) is 15.0. The molecule has 8 nitrogen and oxygen atoms in total. The van der Waals surface area contributed by atoms with Gasteiger partial charge in [-0.15, -0.1) is 24.0 Å². The molecular weight excluding hydrogens is 543 g/mol. The van der Waals surface area contributed by atoms with Crippen molar-refractivity contribution in [3.05, 3.63) is 59.7 Å². The number of rotatable bonds is 12. The first-order valence-corrected chi connectivity index (χ1v) is 11.7. The zero-order valence-electron chi connectivity index (χ0n) is 18.8. The molecule has 0 radical (unpaired) electrons. The third kappa shape index (κ3) is 9.72. The Bertz CT molecular complexity index is 937. The molecule has 0 saturated carbocycles. The molecule has 32 heavy (non-hydrogen) atoms. The molecule has 0 saturated heterocycles. The smallest absolute Gasteiger partial charge is 0.240 e. The highest BCUT2D eigenvalue weighted by Crippen LogP contribution is 2.13. The first-order chi connectivity index (χ1) is 15.0. The van der Waals surface area contributed by atoms with Crippen molar-refractivity contribution in [3.8, 4) is 5.75 Å². The highest BCUT2D eigenvalue weighted by molar-refractivity contribution is 14.0.